The lowest BCUT2D eigenvalue weighted by atomic mass is 10.1. The van der Waals surface area contributed by atoms with Gasteiger partial charge in [0.25, 0.3) is 5.69 Å². The first-order valence-corrected chi connectivity index (χ1v) is 4.07. The fourth-order valence-corrected chi connectivity index (χ4v) is 1.08. The Labute approximate surface area is 85.3 Å². The van der Waals surface area contributed by atoms with E-state index in [-0.39, 0.29) is 5.69 Å². The van der Waals surface area contributed by atoms with E-state index in [9.17, 15) is 14.5 Å². The molecule has 0 aliphatic heterocycles. The van der Waals surface area contributed by atoms with E-state index in [0.29, 0.717) is 11.3 Å². The number of hydrogen-bond donors (Lipinski definition) is 0. The van der Waals surface area contributed by atoms with Crippen LogP contribution in [0.2, 0.25) is 0 Å². The number of nitro benzene ring substituents is 1. The minimum absolute atomic E-state index is 0.310. The third-order valence-electron chi connectivity index (χ3n) is 1.74. The fraction of sp³-hybridized carbons (Fsp3) is 0.222. The Morgan fingerprint density at radius 3 is 2.73 bits per heavy atom. The van der Waals surface area contributed by atoms with Crippen LogP contribution in [0.4, 0.5) is 10.1 Å². The number of nitrogens with zero attached hydrogens (tertiary/aromatic N) is 2. The summed E-state index contributed by atoms with van der Waals surface area (Å²) < 4.78 is 13.0. The Hall–Kier alpha value is -1.98. The summed E-state index contributed by atoms with van der Waals surface area (Å²) in [7, 11) is 1.34. The van der Waals surface area contributed by atoms with Crippen LogP contribution < -0.4 is 0 Å². The van der Waals surface area contributed by atoms with Crippen molar-refractivity contribution in [3.63, 3.8) is 0 Å². The summed E-state index contributed by atoms with van der Waals surface area (Å²) in [4.78, 5) is 14.3. The van der Waals surface area contributed by atoms with E-state index in [1.807, 2.05) is 0 Å². The van der Waals surface area contributed by atoms with Crippen molar-refractivity contribution in [2.45, 2.75) is 6.92 Å². The normalized spacial score (nSPS) is 11.3. The van der Waals surface area contributed by atoms with Crippen LogP contribution in [-0.2, 0) is 4.84 Å². The molecule has 0 spiro atoms. The van der Waals surface area contributed by atoms with Gasteiger partial charge in [0.1, 0.15) is 12.9 Å². The van der Waals surface area contributed by atoms with E-state index in [0.717, 1.165) is 12.1 Å². The molecule has 0 amide bonds. The molecular formula is C9H9FN2O3. The molecule has 0 radical (unpaired) electrons. The van der Waals surface area contributed by atoms with Crippen molar-refractivity contribution in [3.8, 4) is 0 Å². The highest BCUT2D eigenvalue weighted by Gasteiger charge is 2.11. The second-order valence-electron chi connectivity index (χ2n) is 2.81. The van der Waals surface area contributed by atoms with Gasteiger partial charge in [0.15, 0.2) is 0 Å². The molecule has 0 bridgehead atoms. The Bertz CT molecular complexity index is 418. The van der Waals surface area contributed by atoms with Crippen molar-refractivity contribution < 1.29 is 14.2 Å². The van der Waals surface area contributed by atoms with Gasteiger partial charge >= 0.3 is 0 Å². The molecule has 0 saturated carbocycles. The standard InChI is InChI=1S/C9H9FN2O3/c1-6(11-15-2)7-3-8(10)5-9(4-7)12(13)14/h3-5H,1-2H3/b11-6+. The zero-order valence-corrected chi connectivity index (χ0v) is 8.23. The Kier molecular flexibility index (Phi) is 3.33. The van der Waals surface area contributed by atoms with Gasteiger partial charge in [0, 0.05) is 11.6 Å². The molecule has 5 nitrogen and oxygen atoms in total. The third-order valence-corrected chi connectivity index (χ3v) is 1.74. The Morgan fingerprint density at radius 2 is 2.20 bits per heavy atom. The van der Waals surface area contributed by atoms with Gasteiger partial charge in [-0.1, -0.05) is 5.16 Å². The average molecular weight is 212 g/mol. The van der Waals surface area contributed by atoms with Crippen molar-refractivity contribution in [3.05, 3.63) is 39.7 Å². The summed E-state index contributed by atoms with van der Waals surface area (Å²) in [5.41, 5.74) is 0.388. The van der Waals surface area contributed by atoms with Crippen molar-refractivity contribution in [2.75, 3.05) is 7.11 Å². The number of halogens is 1. The summed E-state index contributed by atoms with van der Waals surface area (Å²) in [6, 6.07) is 3.25. The van der Waals surface area contributed by atoms with Gasteiger partial charge in [-0.05, 0) is 13.0 Å². The molecule has 0 fully saturated rings. The SMILES string of the molecule is CO/N=C(\C)c1cc(F)cc([N+](=O)[O-])c1. The molecule has 0 unspecified atom stereocenters. The quantitative estimate of drug-likeness (QED) is 0.437. The number of nitro groups is 1. The van der Waals surface area contributed by atoms with Gasteiger partial charge in [-0.3, -0.25) is 10.1 Å². The average Bonchev–Trinajstić information content (AvgIpc) is 2.17. The van der Waals surface area contributed by atoms with Gasteiger partial charge in [-0.15, -0.1) is 0 Å². The van der Waals surface area contributed by atoms with Crippen LogP contribution in [0.15, 0.2) is 23.4 Å². The molecule has 0 saturated heterocycles. The van der Waals surface area contributed by atoms with Crippen LogP contribution in [0.5, 0.6) is 0 Å². The molecule has 15 heavy (non-hydrogen) atoms. The lowest BCUT2D eigenvalue weighted by Crippen LogP contribution is -1.99. The van der Waals surface area contributed by atoms with Gasteiger partial charge < -0.3 is 4.84 Å². The minimum atomic E-state index is -0.676. The number of benzene rings is 1. The smallest absolute Gasteiger partial charge is 0.273 e. The molecule has 80 valence electrons. The fourth-order valence-electron chi connectivity index (χ4n) is 1.08. The van der Waals surface area contributed by atoms with Gasteiger partial charge in [0.05, 0.1) is 16.7 Å². The van der Waals surface area contributed by atoms with Crippen molar-refractivity contribution in [1.82, 2.24) is 0 Å². The molecule has 0 aliphatic rings. The predicted octanol–water partition coefficient (Wildman–Crippen LogP) is 2.10. The second kappa shape index (κ2) is 4.50. The van der Waals surface area contributed by atoms with E-state index < -0.39 is 10.7 Å². The first-order chi connectivity index (χ1) is 7.04. The molecule has 1 aromatic carbocycles. The number of hydrogen-bond acceptors (Lipinski definition) is 4. The molecule has 1 rings (SSSR count). The number of non-ortho nitro benzene ring substituents is 1. The minimum Gasteiger partial charge on any atom is -0.399 e. The molecule has 6 heteroatoms. The topological polar surface area (TPSA) is 64.7 Å². The molecule has 1 aromatic rings. The summed E-state index contributed by atoms with van der Waals surface area (Å²) in [6.45, 7) is 1.57. The Balaban J connectivity index is 3.20. The zero-order chi connectivity index (χ0) is 11.4. The van der Waals surface area contributed by atoms with Crippen molar-refractivity contribution in [2.24, 2.45) is 5.16 Å². The zero-order valence-electron chi connectivity index (χ0n) is 8.23. The van der Waals surface area contributed by atoms with Gasteiger partial charge in [-0.2, -0.15) is 0 Å². The summed E-state index contributed by atoms with van der Waals surface area (Å²) >= 11 is 0. The van der Waals surface area contributed by atoms with Crippen LogP contribution in [0.1, 0.15) is 12.5 Å². The molecule has 0 aromatic heterocycles. The van der Waals surface area contributed by atoms with E-state index in [2.05, 4.69) is 9.99 Å². The van der Waals surface area contributed by atoms with Crippen molar-refractivity contribution in [1.29, 1.82) is 0 Å². The van der Waals surface area contributed by atoms with Crippen LogP contribution in [0.25, 0.3) is 0 Å². The second-order valence-corrected chi connectivity index (χ2v) is 2.81. The lowest BCUT2D eigenvalue weighted by molar-refractivity contribution is -0.385. The maximum Gasteiger partial charge on any atom is 0.273 e. The number of oxime groups is 1. The number of rotatable bonds is 3. The van der Waals surface area contributed by atoms with E-state index in [4.69, 9.17) is 0 Å². The molecule has 0 aliphatic carbocycles. The Morgan fingerprint density at radius 1 is 1.53 bits per heavy atom. The summed E-state index contributed by atoms with van der Waals surface area (Å²) in [5, 5.41) is 14.0. The lowest BCUT2D eigenvalue weighted by Gasteiger charge is -2.00. The van der Waals surface area contributed by atoms with Crippen molar-refractivity contribution >= 4 is 11.4 Å². The maximum absolute atomic E-state index is 13.0. The van der Waals surface area contributed by atoms with E-state index in [1.54, 1.807) is 6.92 Å². The largest absolute Gasteiger partial charge is 0.399 e. The van der Waals surface area contributed by atoms with E-state index in [1.165, 1.54) is 13.2 Å². The first-order valence-electron chi connectivity index (χ1n) is 4.07. The highest BCUT2D eigenvalue weighted by Crippen LogP contribution is 2.16. The highest BCUT2D eigenvalue weighted by molar-refractivity contribution is 5.98. The summed E-state index contributed by atoms with van der Waals surface area (Å²) in [5.74, 6) is -0.676. The highest BCUT2D eigenvalue weighted by atomic mass is 19.1. The molecular weight excluding hydrogens is 203 g/mol. The molecule has 0 heterocycles. The van der Waals surface area contributed by atoms with Crippen LogP contribution in [-0.4, -0.2) is 17.7 Å². The maximum atomic E-state index is 13.0. The van der Waals surface area contributed by atoms with Crippen LogP contribution in [0, 0.1) is 15.9 Å². The van der Waals surface area contributed by atoms with Gasteiger partial charge in [0.2, 0.25) is 0 Å². The van der Waals surface area contributed by atoms with Gasteiger partial charge in [-0.25, -0.2) is 4.39 Å². The van der Waals surface area contributed by atoms with Crippen LogP contribution in [0.3, 0.4) is 0 Å². The van der Waals surface area contributed by atoms with Crippen LogP contribution >= 0.6 is 0 Å². The van der Waals surface area contributed by atoms with E-state index >= 15 is 0 Å². The molecule has 0 atom stereocenters. The first kappa shape index (κ1) is 11.1. The monoisotopic (exact) mass is 212 g/mol. The molecule has 0 N–H and O–H groups in total. The third kappa shape index (κ3) is 2.73. The summed E-state index contributed by atoms with van der Waals surface area (Å²) in [6.07, 6.45) is 0. The predicted molar refractivity (Wildman–Crippen MR) is 52.3 cm³/mol.